The Hall–Kier alpha value is -0.450. The number of aromatic nitrogens is 1. The monoisotopic (exact) mass is 267 g/mol. The first-order valence-electron chi connectivity index (χ1n) is 7.10. The minimum atomic E-state index is 0.308. The van der Waals surface area contributed by atoms with Crippen molar-refractivity contribution in [2.75, 3.05) is 13.1 Å². The highest BCUT2D eigenvalue weighted by Gasteiger charge is 2.36. The van der Waals surface area contributed by atoms with Gasteiger partial charge in [-0.05, 0) is 19.3 Å². The predicted molar refractivity (Wildman–Crippen MR) is 77.9 cm³/mol. The van der Waals surface area contributed by atoms with Crippen LogP contribution in [0.3, 0.4) is 0 Å². The molecule has 1 aliphatic heterocycles. The Morgan fingerprint density at radius 1 is 1.44 bits per heavy atom. The molecule has 1 fully saturated rings. The molecule has 4 heteroatoms. The number of nitrogens with one attached hydrogen (secondary N) is 1. The molecular weight excluding hydrogens is 242 g/mol. The molecule has 1 saturated heterocycles. The van der Waals surface area contributed by atoms with E-state index in [-0.39, 0.29) is 0 Å². The molecule has 1 aromatic rings. The van der Waals surface area contributed by atoms with Crippen molar-refractivity contribution in [2.45, 2.75) is 58.2 Å². The molecule has 0 aliphatic carbocycles. The van der Waals surface area contributed by atoms with Crippen LogP contribution in [-0.2, 0) is 6.54 Å². The van der Waals surface area contributed by atoms with Crippen molar-refractivity contribution in [2.24, 2.45) is 0 Å². The fourth-order valence-corrected chi connectivity index (χ4v) is 3.49. The van der Waals surface area contributed by atoms with Crippen molar-refractivity contribution in [1.82, 2.24) is 15.2 Å². The first-order chi connectivity index (χ1) is 8.73. The van der Waals surface area contributed by atoms with Gasteiger partial charge < -0.3 is 5.32 Å². The largest absolute Gasteiger partial charge is 0.308 e. The third kappa shape index (κ3) is 2.92. The average molecular weight is 267 g/mol. The Morgan fingerprint density at radius 3 is 2.78 bits per heavy atom. The molecular formula is C14H25N3S. The highest BCUT2D eigenvalue weighted by atomic mass is 32.1. The highest BCUT2D eigenvalue weighted by Crippen LogP contribution is 2.25. The third-order valence-electron chi connectivity index (χ3n) is 4.38. The Balaban J connectivity index is 2.07. The van der Waals surface area contributed by atoms with Gasteiger partial charge >= 0.3 is 0 Å². The fourth-order valence-electron chi connectivity index (χ4n) is 2.85. The summed E-state index contributed by atoms with van der Waals surface area (Å²) < 4.78 is 0. The second-order valence-corrected chi connectivity index (χ2v) is 6.24. The van der Waals surface area contributed by atoms with E-state index in [1.54, 1.807) is 11.3 Å². The van der Waals surface area contributed by atoms with Crippen LogP contribution in [0.5, 0.6) is 0 Å². The lowest BCUT2D eigenvalue weighted by Gasteiger charge is -2.47. The second kappa shape index (κ2) is 6.13. The molecule has 1 aliphatic rings. The molecule has 0 amide bonds. The average Bonchev–Trinajstić information content (AvgIpc) is 2.91. The zero-order valence-electron chi connectivity index (χ0n) is 11.8. The number of nitrogens with zero attached hydrogens (tertiary/aromatic N) is 2. The van der Waals surface area contributed by atoms with Crippen LogP contribution < -0.4 is 5.32 Å². The molecule has 18 heavy (non-hydrogen) atoms. The Morgan fingerprint density at radius 2 is 2.22 bits per heavy atom. The first-order valence-corrected chi connectivity index (χ1v) is 7.98. The number of piperazine rings is 1. The molecule has 2 heterocycles. The van der Waals surface area contributed by atoms with E-state index in [4.69, 9.17) is 0 Å². The highest BCUT2D eigenvalue weighted by molar-refractivity contribution is 7.09. The van der Waals surface area contributed by atoms with Gasteiger partial charge in [0.25, 0.3) is 0 Å². The lowest BCUT2D eigenvalue weighted by Crippen LogP contribution is -2.63. The quantitative estimate of drug-likeness (QED) is 0.889. The summed E-state index contributed by atoms with van der Waals surface area (Å²) in [6.07, 6.45) is 5.53. The van der Waals surface area contributed by atoms with E-state index in [0.29, 0.717) is 11.6 Å². The van der Waals surface area contributed by atoms with Gasteiger partial charge in [-0.25, -0.2) is 4.98 Å². The summed E-state index contributed by atoms with van der Waals surface area (Å²) in [7, 11) is 0. The minimum absolute atomic E-state index is 0.308. The molecule has 0 bridgehead atoms. The number of hydrogen-bond acceptors (Lipinski definition) is 4. The van der Waals surface area contributed by atoms with Gasteiger partial charge in [0, 0.05) is 36.2 Å². The molecule has 0 aromatic carbocycles. The zero-order valence-corrected chi connectivity index (χ0v) is 12.6. The zero-order chi connectivity index (χ0) is 13.0. The lowest BCUT2D eigenvalue weighted by molar-refractivity contribution is 0.0643. The van der Waals surface area contributed by atoms with E-state index < -0.39 is 0 Å². The van der Waals surface area contributed by atoms with Crippen LogP contribution in [0.2, 0.25) is 0 Å². The smallest absolute Gasteiger partial charge is 0.107 e. The van der Waals surface area contributed by atoms with E-state index in [9.17, 15) is 0 Å². The Kier molecular flexibility index (Phi) is 4.76. The van der Waals surface area contributed by atoms with Crippen molar-refractivity contribution in [1.29, 1.82) is 0 Å². The van der Waals surface area contributed by atoms with Crippen molar-refractivity contribution in [3.8, 4) is 0 Å². The van der Waals surface area contributed by atoms with Crippen LogP contribution in [0.1, 0.15) is 45.0 Å². The van der Waals surface area contributed by atoms with E-state index in [1.165, 1.54) is 24.3 Å². The van der Waals surface area contributed by atoms with Crippen LogP contribution >= 0.6 is 11.3 Å². The van der Waals surface area contributed by atoms with Gasteiger partial charge in [-0.1, -0.05) is 20.8 Å². The van der Waals surface area contributed by atoms with Crippen molar-refractivity contribution in [3.05, 3.63) is 16.6 Å². The Bertz CT molecular complexity index is 346. The third-order valence-corrected chi connectivity index (χ3v) is 5.15. The summed E-state index contributed by atoms with van der Waals surface area (Å²) in [5.41, 5.74) is 0.308. The molecule has 1 N–H and O–H groups in total. The maximum atomic E-state index is 4.43. The van der Waals surface area contributed by atoms with Crippen LogP contribution in [0.4, 0.5) is 0 Å². The summed E-state index contributed by atoms with van der Waals surface area (Å²) in [6.45, 7) is 10.2. The van der Waals surface area contributed by atoms with Crippen LogP contribution in [0, 0.1) is 0 Å². The van der Waals surface area contributed by atoms with Crippen LogP contribution in [0.25, 0.3) is 0 Å². The van der Waals surface area contributed by atoms with E-state index in [2.05, 4.69) is 41.4 Å². The van der Waals surface area contributed by atoms with Crippen molar-refractivity contribution >= 4 is 11.3 Å². The first kappa shape index (κ1) is 14.0. The summed E-state index contributed by atoms with van der Waals surface area (Å²) in [5, 5.41) is 7.11. The summed E-state index contributed by atoms with van der Waals surface area (Å²) in [5.74, 6) is 0. The molecule has 1 unspecified atom stereocenters. The summed E-state index contributed by atoms with van der Waals surface area (Å²) in [4.78, 5) is 7.06. The van der Waals surface area contributed by atoms with Gasteiger partial charge in [-0.15, -0.1) is 11.3 Å². The number of hydrogen-bond donors (Lipinski definition) is 1. The number of thiazole rings is 1. The molecule has 0 saturated carbocycles. The van der Waals surface area contributed by atoms with Crippen LogP contribution in [0.15, 0.2) is 11.6 Å². The van der Waals surface area contributed by atoms with Gasteiger partial charge in [-0.2, -0.15) is 0 Å². The van der Waals surface area contributed by atoms with Gasteiger partial charge in [0.2, 0.25) is 0 Å². The molecule has 2 rings (SSSR count). The van der Waals surface area contributed by atoms with Gasteiger partial charge in [0.1, 0.15) is 5.01 Å². The maximum absolute atomic E-state index is 4.43. The van der Waals surface area contributed by atoms with Gasteiger partial charge in [-0.3, -0.25) is 4.90 Å². The van der Waals surface area contributed by atoms with E-state index in [0.717, 1.165) is 19.6 Å². The van der Waals surface area contributed by atoms with Crippen molar-refractivity contribution in [3.63, 3.8) is 0 Å². The van der Waals surface area contributed by atoms with Gasteiger partial charge in [0.05, 0.1) is 6.54 Å². The fraction of sp³-hybridized carbons (Fsp3) is 0.786. The maximum Gasteiger partial charge on any atom is 0.107 e. The van der Waals surface area contributed by atoms with Crippen molar-refractivity contribution < 1.29 is 0 Å². The summed E-state index contributed by atoms with van der Waals surface area (Å²) in [6, 6.07) is 0.653. The lowest BCUT2D eigenvalue weighted by atomic mass is 9.88. The molecule has 3 nitrogen and oxygen atoms in total. The SMILES string of the molecule is CCC1CNC(CC)(CC)CN1Cc1nccs1. The van der Waals surface area contributed by atoms with Crippen LogP contribution in [-0.4, -0.2) is 34.6 Å². The summed E-state index contributed by atoms with van der Waals surface area (Å²) >= 11 is 1.77. The normalized spacial score (nSPS) is 24.3. The minimum Gasteiger partial charge on any atom is -0.308 e. The molecule has 1 atom stereocenters. The molecule has 0 radical (unpaired) electrons. The van der Waals surface area contributed by atoms with E-state index >= 15 is 0 Å². The molecule has 102 valence electrons. The van der Waals surface area contributed by atoms with Gasteiger partial charge in [0.15, 0.2) is 0 Å². The molecule has 0 spiro atoms. The standard InChI is InChI=1S/C14H25N3S/c1-4-12-9-16-14(5-2,6-3)11-17(12)10-13-15-7-8-18-13/h7-8,12,16H,4-6,9-11H2,1-3H3. The Labute approximate surface area is 115 Å². The molecule has 1 aromatic heterocycles. The predicted octanol–water partition coefficient (Wildman–Crippen LogP) is 2.89. The number of rotatable bonds is 5. The second-order valence-electron chi connectivity index (χ2n) is 5.26. The van der Waals surface area contributed by atoms with E-state index in [1.807, 2.05) is 6.20 Å². The topological polar surface area (TPSA) is 28.2 Å².